The van der Waals surface area contributed by atoms with E-state index < -0.39 is 20.6 Å². The number of morpholine rings is 1. The van der Waals surface area contributed by atoms with Crippen LogP contribution in [-0.4, -0.2) is 126 Å². The third-order valence-corrected chi connectivity index (χ3v) is 15.1. The Kier molecular flexibility index (Phi) is 12.0. The summed E-state index contributed by atoms with van der Waals surface area (Å²) in [5, 5.41) is -0.621. The minimum Gasteiger partial charge on any atom is -0.469 e. The fraction of sp³-hybridized carbons (Fsp3) is 0.595. The number of methoxy groups -OCH3 is 1. The molecule has 2 aromatic carbocycles. The molecule has 4 heterocycles. The maximum Gasteiger partial charge on any atom is 0.305 e. The predicted molar refractivity (Wildman–Crippen MR) is 207 cm³/mol. The van der Waals surface area contributed by atoms with Gasteiger partial charge in [-0.05, 0) is 81.1 Å². The summed E-state index contributed by atoms with van der Waals surface area (Å²) in [6.45, 7) is 20.6. The number of benzene rings is 2. The maximum atomic E-state index is 14.7. The van der Waals surface area contributed by atoms with Gasteiger partial charge in [0.05, 0.1) is 25.2 Å². The minimum absolute atomic E-state index is 0.0344. The van der Waals surface area contributed by atoms with E-state index in [1.54, 1.807) is 29.2 Å². The van der Waals surface area contributed by atoms with Crippen LogP contribution in [-0.2, 0) is 34.4 Å². The van der Waals surface area contributed by atoms with E-state index in [0.717, 1.165) is 89.2 Å². The first-order valence-corrected chi connectivity index (χ1v) is 21.4. The molecule has 1 saturated carbocycles. The molecule has 3 atom stereocenters. The molecule has 13 heteroatoms. The molecule has 0 unspecified atom stereocenters. The number of piperidine rings is 1. The average Bonchev–Trinajstić information content (AvgIpc) is 3.61. The zero-order valence-electron chi connectivity index (χ0n) is 31.9. The number of halogens is 1. The summed E-state index contributed by atoms with van der Waals surface area (Å²) in [5.41, 5.74) is 1.33. The van der Waals surface area contributed by atoms with Gasteiger partial charge in [-0.15, -0.1) is 0 Å². The van der Waals surface area contributed by atoms with E-state index in [9.17, 15) is 22.4 Å². The van der Waals surface area contributed by atoms with Crippen LogP contribution in [0.4, 0.5) is 10.1 Å². The second-order valence-corrected chi connectivity index (χ2v) is 18.5. The normalized spacial score (nSPS) is 24.4. The van der Waals surface area contributed by atoms with Gasteiger partial charge in [0.2, 0.25) is 0 Å². The second kappa shape index (κ2) is 16.7. The van der Waals surface area contributed by atoms with E-state index in [4.69, 9.17) is 16.0 Å². The molecule has 4 saturated heterocycles. The minimum atomic E-state index is -3.57. The van der Waals surface area contributed by atoms with Gasteiger partial charge in [0.1, 0.15) is 11.1 Å². The largest absolute Gasteiger partial charge is 0.469 e. The third kappa shape index (κ3) is 8.20. The zero-order chi connectivity index (χ0) is 38.7. The van der Waals surface area contributed by atoms with E-state index in [0.29, 0.717) is 31.2 Å². The molecule has 11 nitrogen and oxygen atoms in total. The van der Waals surface area contributed by atoms with Crippen molar-refractivity contribution in [3.05, 3.63) is 83.5 Å². The molecule has 0 aromatic heterocycles. The number of hydrogen-bond donors (Lipinski definition) is 0. The van der Waals surface area contributed by atoms with Crippen LogP contribution >= 0.6 is 0 Å². The Morgan fingerprint density at radius 3 is 2.35 bits per heavy atom. The number of carbonyl (C=O) groups is 2. The van der Waals surface area contributed by atoms with Crippen LogP contribution in [0.1, 0.15) is 44.1 Å². The van der Waals surface area contributed by atoms with Gasteiger partial charge >= 0.3 is 5.97 Å². The molecule has 2 aromatic rings. The van der Waals surface area contributed by atoms with Crippen LogP contribution in [0.25, 0.3) is 4.85 Å². The van der Waals surface area contributed by atoms with Crippen LogP contribution < -0.4 is 4.90 Å². The van der Waals surface area contributed by atoms with Crippen molar-refractivity contribution in [3.8, 4) is 0 Å². The fourth-order valence-electron chi connectivity index (χ4n) is 9.86. The molecule has 5 fully saturated rings. The van der Waals surface area contributed by atoms with Crippen LogP contribution in [0.15, 0.2) is 65.6 Å². The monoisotopic (exact) mass is 775 g/mol. The fourth-order valence-corrected chi connectivity index (χ4v) is 11.5. The number of ether oxygens (including phenoxy) is 2. The standard InChI is InChI=1S/C42H54FN5O6S/c1-30(24-46-18-20-54-21-19-46)41(50)48-28-38(29-48)55(51,52)37-12-10-36(11-13-37)47-26-31(27-47)25-45-16-14-33(15-17-45)42(44-2,34-7-5-8-35(43)23-34)39-9-4-6-32(39)22-40(49)53-3/h5,7-8,10-13,23,31-33,38-39H,1,4,6,9,14-22,24-29H2,3H3/t32-,39+,42-/m1/s1. The van der Waals surface area contributed by atoms with Crippen molar-refractivity contribution in [2.45, 2.75) is 54.2 Å². The van der Waals surface area contributed by atoms with Crippen molar-refractivity contribution in [1.29, 1.82) is 0 Å². The average molecular weight is 776 g/mol. The van der Waals surface area contributed by atoms with Gasteiger partial charge in [-0.1, -0.05) is 25.1 Å². The third-order valence-electron chi connectivity index (χ3n) is 13.0. The van der Waals surface area contributed by atoms with E-state index in [1.807, 2.05) is 18.2 Å². The molecule has 55 heavy (non-hydrogen) atoms. The molecule has 0 radical (unpaired) electrons. The number of esters is 1. The number of anilines is 1. The molecule has 0 bridgehead atoms. The summed E-state index contributed by atoms with van der Waals surface area (Å²) in [6, 6.07) is 13.7. The Morgan fingerprint density at radius 1 is 0.982 bits per heavy atom. The Balaban J connectivity index is 0.897. The number of nitrogens with zero attached hydrogens (tertiary/aromatic N) is 5. The molecular weight excluding hydrogens is 722 g/mol. The lowest BCUT2D eigenvalue weighted by Gasteiger charge is -2.46. The number of likely N-dealkylation sites (tertiary alicyclic amines) is 2. The summed E-state index contributed by atoms with van der Waals surface area (Å²) in [7, 11) is -2.16. The van der Waals surface area contributed by atoms with Crippen molar-refractivity contribution in [2.24, 2.45) is 23.7 Å². The molecule has 0 spiro atoms. The van der Waals surface area contributed by atoms with Gasteiger partial charge < -0.3 is 29.0 Å². The van der Waals surface area contributed by atoms with Crippen LogP contribution in [0.5, 0.6) is 0 Å². The van der Waals surface area contributed by atoms with E-state index >= 15 is 0 Å². The van der Waals surface area contributed by atoms with E-state index in [1.165, 1.54) is 13.2 Å². The van der Waals surface area contributed by atoms with Gasteiger partial charge in [-0.25, -0.2) is 19.4 Å². The van der Waals surface area contributed by atoms with Gasteiger partial charge in [-0.2, -0.15) is 0 Å². The van der Waals surface area contributed by atoms with E-state index in [-0.39, 0.29) is 59.9 Å². The van der Waals surface area contributed by atoms with Crippen molar-refractivity contribution < 1.29 is 31.9 Å². The highest BCUT2D eigenvalue weighted by molar-refractivity contribution is 7.92. The summed E-state index contributed by atoms with van der Waals surface area (Å²) in [6.07, 6.45) is 4.63. The molecule has 1 aliphatic carbocycles. The number of rotatable bonds is 13. The highest BCUT2D eigenvalue weighted by Gasteiger charge is 2.58. The molecule has 0 N–H and O–H groups in total. The summed E-state index contributed by atoms with van der Waals surface area (Å²) in [4.78, 5) is 38.4. The number of amides is 1. The highest BCUT2D eigenvalue weighted by atomic mass is 32.2. The zero-order valence-corrected chi connectivity index (χ0v) is 32.7. The maximum absolute atomic E-state index is 14.7. The lowest BCUT2D eigenvalue weighted by Crippen LogP contribution is -2.57. The van der Waals surface area contributed by atoms with Crippen molar-refractivity contribution in [3.63, 3.8) is 0 Å². The Bertz CT molecular complexity index is 1860. The SMILES string of the molecule is [C-]#[N+][C@@](c1cccc(F)c1)(C1CCN(CC2CN(c3ccc(S(=O)(=O)C4CN(C(=O)C(=C)CN5CCOCC5)C4)cc3)C2)CC1)[C@H]1CCC[C@@H]1CC(=O)OC. The molecule has 296 valence electrons. The Morgan fingerprint density at radius 2 is 1.69 bits per heavy atom. The highest BCUT2D eigenvalue weighted by Crippen LogP contribution is 2.54. The van der Waals surface area contributed by atoms with Crippen LogP contribution in [0.2, 0.25) is 0 Å². The molecule has 5 aliphatic rings. The van der Waals surface area contributed by atoms with Crippen LogP contribution in [0.3, 0.4) is 0 Å². The summed E-state index contributed by atoms with van der Waals surface area (Å²) < 4.78 is 51.8. The molecule has 1 amide bonds. The first kappa shape index (κ1) is 39.4. The van der Waals surface area contributed by atoms with Crippen molar-refractivity contribution in [1.82, 2.24) is 14.7 Å². The quantitative estimate of drug-likeness (QED) is 0.164. The van der Waals surface area contributed by atoms with Crippen molar-refractivity contribution >= 4 is 27.4 Å². The lowest BCUT2D eigenvalue weighted by atomic mass is 9.63. The van der Waals surface area contributed by atoms with Crippen molar-refractivity contribution in [2.75, 3.05) is 90.7 Å². The number of sulfone groups is 1. The predicted octanol–water partition coefficient (Wildman–Crippen LogP) is 4.64. The summed E-state index contributed by atoms with van der Waals surface area (Å²) >= 11 is 0. The Labute approximate surface area is 325 Å². The lowest BCUT2D eigenvalue weighted by molar-refractivity contribution is -0.142. The number of carbonyl (C=O) groups excluding carboxylic acids is 2. The first-order valence-electron chi connectivity index (χ1n) is 19.8. The number of hydrogen-bond acceptors (Lipinski definition) is 9. The topological polar surface area (TPSA) is 104 Å². The first-order chi connectivity index (χ1) is 26.5. The molecular formula is C42H54FN5O6S. The van der Waals surface area contributed by atoms with E-state index in [2.05, 4.69) is 26.1 Å². The van der Waals surface area contributed by atoms with Crippen LogP contribution in [0, 0.1) is 36.1 Å². The smallest absolute Gasteiger partial charge is 0.305 e. The molecule has 4 aliphatic heterocycles. The van der Waals surface area contributed by atoms with Gasteiger partial charge in [0.15, 0.2) is 9.84 Å². The Hall–Kier alpha value is -3.83. The molecule has 7 rings (SSSR count). The van der Waals surface area contributed by atoms with Gasteiger partial charge in [0.25, 0.3) is 11.4 Å². The summed E-state index contributed by atoms with van der Waals surface area (Å²) in [5.74, 6) is -0.233. The van der Waals surface area contributed by atoms with Gasteiger partial charge in [-0.3, -0.25) is 14.5 Å². The van der Waals surface area contributed by atoms with Gasteiger partial charge in [0, 0.05) is 93.4 Å². The second-order valence-electron chi connectivity index (χ2n) is 16.2.